The molecule has 0 radical (unpaired) electrons. The number of halogens is 3. The number of likely N-dealkylation sites (tertiary alicyclic amines) is 1. The number of alkyl halides is 3. The van der Waals surface area contributed by atoms with E-state index in [2.05, 4.69) is 0 Å². The largest absolute Gasteiger partial charge is 0.417 e. The lowest BCUT2D eigenvalue weighted by atomic mass is 9.91. The van der Waals surface area contributed by atoms with Crippen molar-refractivity contribution in [2.24, 2.45) is 5.41 Å². The minimum Gasteiger partial charge on any atom is -0.335 e. The number of nitrogens with zero attached hydrogens (tertiary/aromatic N) is 4. The van der Waals surface area contributed by atoms with Crippen molar-refractivity contribution in [1.29, 1.82) is 5.26 Å². The lowest BCUT2D eigenvalue weighted by Crippen LogP contribution is -2.55. The van der Waals surface area contributed by atoms with E-state index >= 15 is 0 Å². The Hall–Kier alpha value is -3.09. The maximum absolute atomic E-state index is 13.3. The molecule has 31 heavy (non-hydrogen) atoms. The van der Waals surface area contributed by atoms with Crippen LogP contribution in [0.1, 0.15) is 44.7 Å². The first-order valence-corrected chi connectivity index (χ1v) is 9.90. The monoisotopic (exact) mass is 434 g/mol. The zero-order chi connectivity index (χ0) is 22.9. The van der Waals surface area contributed by atoms with Gasteiger partial charge in [-0.25, -0.2) is 9.69 Å². The number of rotatable bonds is 2. The number of benzene rings is 1. The van der Waals surface area contributed by atoms with E-state index in [1.54, 1.807) is 4.90 Å². The van der Waals surface area contributed by atoms with E-state index in [1.165, 1.54) is 11.0 Å². The van der Waals surface area contributed by atoms with Gasteiger partial charge in [-0.15, -0.1) is 0 Å². The van der Waals surface area contributed by atoms with Crippen molar-refractivity contribution in [3.63, 3.8) is 0 Å². The number of piperazine rings is 1. The molecule has 3 aliphatic heterocycles. The van der Waals surface area contributed by atoms with E-state index in [0.29, 0.717) is 25.5 Å². The highest BCUT2D eigenvalue weighted by Gasteiger charge is 2.63. The van der Waals surface area contributed by atoms with E-state index in [1.807, 2.05) is 20.8 Å². The Morgan fingerprint density at radius 1 is 1.23 bits per heavy atom. The third-order valence-corrected chi connectivity index (χ3v) is 5.95. The molecule has 0 aliphatic carbocycles. The number of hydrogen-bond donors (Lipinski definition) is 0. The first-order valence-electron chi connectivity index (χ1n) is 9.90. The van der Waals surface area contributed by atoms with Crippen LogP contribution in [0.3, 0.4) is 0 Å². The zero-order valence-corrected chi connectivity index (χ0v) is 17.2. The molecule has 3 aliphatic rings. The van der Waals surface area contributed by atoms with Gasteiger partial charge in [0.25, 0.3) is 5.91 Å². The standard InChI is InChI=1S/C21H21F3N4O3/c1-20(2,3)8-16(29)26-10-13-7-15(26)17-18(30)28(19(31)27(13)17)12-5-4-11(9-25)14(6-12)21(22,23)24/h4-6,13,15,17H,7-8,10H2,1-3H3/t13-,15-,17+/m0/s1. The number of nitriles is 1. The first kappa shape index (κ1) is 21.2. The second kappa shape index (κ2) is 6.70. The molecule has 1 aromatic carbocycles. The molecule has 3 heterocycles. The number of hydrogen-bond acceptors (Lipinski definition) is 4. The first-order chi connectivity index (χ1) is 14.3. The summed E-state index contributed by atoms with van der Waals surface area (Å²) in [6.45, 7) is 6.10. The maximum atomic E-state index is 13.3. The number of carbonyl (C=O) groups is 3. The normalized spacial score (nSPS) is 25.3. The number of urea groups is 1. The highest BCUT2D eigenvalue weighted by Crippen LogP contribution is 2.44. The smallest absolute Gasteiger partial charge is 0.335 e. The second-order valence-corrected chi connectivity index (χ2v) is 9.39. The van der Waals surface area contributed by atoms with E-state index in [0.717, 1.165) is 17.0 Å². The van der Waals surface area contributed by atoms with Crippen molar-refractivity contribution in [2.75, 3.05) is 11.4 Å². The van der Waals surface area contributed by atoms with E-state index < -0.39 is 41.3 Å². The van der Waals surface area contributed by atoms with Crippen LogP contribution in [0, 0.1) is 16.7 Å². The topological polar surface area (TPSA) is 84.7 Å². The molecule has 3 fully saturated rings. The van der Waals surface area contributed by atoms with Gasteiger partial charge in [0, 0.05) is 13.0 Å². The highest BCUT2D eigenvalue weighted by molar-refractivity contribution is 6.22. The van der Waals surface area contributed by atoms with Crippen molar-refractivity contribution in [3.05, 3.63) is 29.3 Å². The van der Waals surface area contributed by atoms with Gasteiger partial charge in [-0.3, -0.25) is 9.59 Å². The number of fused-ring (bicyclic) bond motifs is 5. The average molecular weight is 434 g/mol. The maximum Gasteiger partial charge on any atom is 0.417 e. The van der Waals surface area contributed by atoms with Gasteiger partial charge in [-0.05, 0) is 30.0 Å². The van der Waals surface area contributed by atoms with Crippen molar-refractivity contribution in [3.8, 4) is 6.07 Å². The van der Waals surface area contributed by atoms with Gasteiger partial charge in [-0.1, -0.05) is 20.8 Å². The molecule has 0 unspecified atom stereocenters. The van der Waals surface area contributed by atoms with Crippen molar-refractivity contribution >= 4 is 23.5 Å². The number of amides is 4. The fourth-order valence-corrected chi connectivity index (χ4v) is 4.74. The molecule has 0 saturated carbocycles. The minimum absolute atomic E-state index is 0.101. The summed E-state index contributed by atoms with van der Waals surface area (Å²) in [5.41, 5.74) is -2.26. The predicted octanol–water partition coefficient (Wildman–Crippen LogP) is 3.13. The quantitative estimate of drug-likeness (QED) is 0.670. The predicted molar refractivity (Wildman–Crippen MR) is 103 cm³/mol. The molecule has 3 atom stereocenters. The molecular formula is C21H21F3N4O3. The SMILES string of the molecule is CC(C)(C)CC(=O)N1C[C@@H]2C[C@H]1[C@@H]1C(=O)N(c3ccc(C#N)c(C(F)(F)F)c3)C(=O)N21. The zero-order valence-electron chi connectivity index (χ0n) is 17.2. The Morgan fingerprint density at radius 3 is 2.48 bits per heavy atom. The Labute approximate surface area is 177 Å². The van der Waals surface area contributed by atoms with Crippen LogP contribution in [0.15, 0.2) is 18.2 Å². The molecule has 164 valence electrons. The van der Waals surface area contributed by atoms with Crippen molar-refractivity contribution in [2.45, 2.75) is 57.9 Å². The van der Waals surface area contributed by atoms with E-state index in [4.69, 9.17) is 5.26 Å². The van der Waals surface area contributed by atoms with Gasteiger partial charge < -0.3 is 9.80 Å². The third kappa shape index (κ3) is 3.32. The summed E-state index contributed by atoms with van der Waals surface area (Å²) >= 11 is 0. The lowest BCUT2D eigenvalue weighted by Gasteiger charge is -2.36. The van der Waals surface area contributed by atoms with Crippen molar-refractivity contribution in [1.82, 2.24) is 9.80 Å². The van der Waals surface area contributed by atoms with Crippen LogP contribution < -0.4 is 4.90 Å². The van der Waals surface area contributed by atoms with Gasteiger partial charge in [0.15, 0.2) is 0 Å². The molecule has 2 bridgehead atoms. The summed E-state index contributed by atoms with van der Waals surface area (Å²) in [4.78, 5) is 42.6. The number of anilines is 1. The van der Waals surface area contributed by atoms with Crippen LogP contribution in [0.25, 0.3) is 0 Å². The molecule has 0 N–H and O–H groups in total. The summed E-state index contributed by atoms with van der Waals surface area (Å²) in [6.07, 6.45) is -4.04. The summed E-state index contributed by atoms with van der Waals surface area (Å²) in [5, 5.41) is 8.97. The molecule has 1 aromatic rings. The third-order valence-electron chi connectivity index (χ3n) is 5.95. The molecule has 0 spiro atoms. The van der Waals surface area contributed by atoms with Gasteiger partial charge in [0.1, 0.15) is 6.04 Å². The van der Waals surface area contributed by atoms with Gasteiger partial charge in [0.05, 0.1) is 35.0 Å². The van der Waals surface area contributed by atoms with E-state index in [9.17, 15) is 27.6 Å². The lowest BCUT2D eigenvalue weighted by molar-refractivity contribution is -0.138. The average Bonchev–Trinajstić information content (AvgIpc) is 3.31. The Morgan fingerprint density at radius 2 is 1.90 bits per heavy atom. The summed E-state index contributed by atoms with van der Waals surface area (Å²) in [6, 6.07) is 1.83. The van der Waals surface area contributed by atoms with Crippen LogP contribution in [0.5, 0.6) is 0 Å². The van der Waals surface area contributed by atoms with Crippen LogP contribution in [-0.4, -0.2) is 52.3 Å². The van der Waals surface area contributed by atoms with Crippen molar-refractivity contribution < 1.29 is 27.6 Å². The van der Waals surface area contributed by atoms with Crippen LogP contribution in [-0.2, 0) is 15.8 Å². The van der Waals surface area contributed by atoms with Gasteiger partial charge in [-0.2, -0.15) is 18.4 Å². The highest BCUT2D eigenvalue weighted by atomic mass is 19.4. The molecule has 0 aromatic heterocycles. The summed E-state index contributed by atoms with van der Waals surface area (Å²) < 4.78 is 40.0. The van der Waals surface area contributed by atoms with Crippen LogP contribution in [0.2, 0.25) is 0 Å². The molecular weight excluding hydrogens is 413 g/mol. The molecule has 3 saturated heterocycles. The molecule has 10 heteroatoms. The Bertz CT molecular complexity index is 1020. The molecule has 4 amide bonds. The van der Waals surface area contributed by atoms with Gasteiger partial charge in [0.2, 0.25) is 5.91 Å². The summed E-state index contributed by atoms with van der Waals surface area (Å²) in [7, 11) is 0. The number of imide groups is 1. The van der Waals surface area contributed by atoms with E-state index in [-0.39, 0.29) is 23.1 Å². The summed E-state index contributed by atoms with van der Waals surface area (Å²) in [5.74, 6) is -0.750. The number of carbonyl (C=O) groups excluding carboxylic acids is 3. The Balaban J connectivity index is 1.65. The fourth-order valence-electron chi connectivity index (χ4n) is 4.74. The molecule has 7 nitrogen and oxygen atoms in total. The minimum atomic E-state index is -4.81. The second-order valence-electron chi connectivity index (χ2n) is 9.39. The van der Waals surface area contributed by atoms with Crippen LogP contribution >= 0.6 is 0 Å². The fraction of sp³-hybridized carbons (Fsp3) is 0.524. The van der Waals surface area contributed by atoms with Gasteiger partial charge >= 0.3 is 12.2 Å². The molecule has 4 rings (SSSR count). The van der Waals surface area contributed by atoms with Crippen LogP contribution in [0.4, 0.5) is 23.7 Å². The Kier molecular flexibility index (Phi) is 4.57.